The molecule has 0 heterocycles. The number of unbranched alkanes of at least 4 members (excludes halogenated alkanes) is 1. The van der Waals surface area contributed by atoms with Crippen LogP contribution in [0.3, 0.4) is 0 Å². The fourth-order valence-corrected chi connectivity index (χ4v) is 2.70. The van der Waals surface area contributed by atoms with Gasteiger partial charge in [-0.05, 0) is 6.04 Å². The molecule has 0 radical (unpaired) electrons. The summed E-state index contributed by atoms with van der Waals surface area (Å²) in [7, 11) is 1.66. The highest BCUT2D eigenvalue weighted by Crippen LogP contribution is 2.25. The Morgan fingerprint density at radius 3 is 2.56 bits per heavy atom. The minimum absolute atomic E-state index is 0.988. The first-order chi connectivity index (χ1) is 4.12. The van der Waals surface area contributed by atoms with Crippen LogP contribution in [0.2, 0.25) is 6.04 Å². The zero-order chi connectivity index (χ0) is 7.33. The summed E-state index contributed by atoms with van der Waals surface area (Å²) in [5.41, 5.74) is 0. The van der Waals surface area contributed by atoms with Gasteiger partial charge in [-0.2, -0.15) is 0 Å². The van der Waals surface area contributed by atoms with Crippen molar-refractivity contribution in [3.8, 4) is 0 Å². The molecule has 0 N–H and O–H groups in total. The molecule has 4 heteroatoms. The maximum absolute atomic E-state index is 5.93. The molecule has 9 heavy (non-hydrogen) atoms. The van der Waals surface area contributed by atoms with Crippen molar-refractivity contribution in [1.82, 2.24) is 0 Å². The molecule has 1 atom stereocenters. The van der Waals surface area contributed by atoms with Crippen molar-refractivity contribution in [2.24, 2.45) is 0 Å². The van der Waals surface area contributed by atoms with Gasteiger partial charge in [0.1, 0.15) is 0 Å². The summed E-state index contributed by atoms with van der Waals surface area (Å²) in [6.07, 6.45) is 0.411. The van der Waals surface area contributed by atoms with Crippen molar-refractivity contribution in [2.45, 2.75) is 25.8 Å². The second kappa shape index (κ2) is 4.72. The van der Waals surface area contributed by atoms with Crippen LogP contribution in [-0.2, 0) is 4.43 Å². The van der Waals surface area contributed by atoms with Crippen molar-refractivity contribution in [2.75, 3.05) is 7.11 Å². The molecule has 0 rings (SSSR count). The Morgan fingerprint density at radius 2 is 2.22 bits per heavy atom. The third kappa shape index (κ3) is 5.39. The number of halogens is 2. The molecule has 0 saturated carbocycles. The van der Waals surface area contributed by atoms with Crippen LogP contribution < -0.4 is 0 Å². The van der Waals surface area contributed by atoms with E-state index >= 15 is 0 Å². The Labute approximate surface area is 70.1 Å². The van der Waals surface area contributed by atoms with E-state index in [0.717, 1.165) is 12.5 Å². The van der Waals surface area contributed by atoms with E-state index in [4.69, 9.17) is 15.5 Å². The molecule has 0 aromatic heterocycles. The average Bonchev–Trinajstić information content (AvgIpc) is 1.84. The highest BCUT2D eigenvalue weighted by atomic mass is 79.9. The molecule has 1 unspecified atom stereocenters. The predicted octanol–water partition coefficient (Wildman–Crippen LogP) is 3.01. The zero-order valence-electron chi connectivity index (χ0n) is 5.79. The van der Waals surface area contributed by atoms with Crippen LogP contribution in [0.5, 0.6) is 0 Å². The molecule has 0 aliphatic heterocycles. The van der Waals surface area contributed by atoms with Crippen molar-refractivity contribution in [3.63, 3.8) is 0 Å². The summed E-state index contributed by atoms with van der Waals surface area (Å²) in [4.78, 5) is 0. The summed E-state index contributed by atoms with van der Waals surface area (Å²) < 4.78 is 5.06. The third-order valence-corrected chi connectivity index (χ3v) is 5.84. The SMILES string of the molecule is CCCC[Si](Cl)(Br)OC. The maximum Gasteiger partial charge on any atom is 0.362 e. The lowest BCUT2D eigenvalue weighted by Crippen LogP contribution is -2.20. The van der Waals surface area contributed by atoms with Gasteiger partial charge in [0.05, 0.1) is 0 Å². The summed E-state index contributed by atoms with van der Waals surface area (Å²) in [6, 6.07) is 0.988. The van der Waals surface area contributed by atoms with Crippen LogP contribution in [-0.4, -0.2) is 13.4 Å². The van der Waals surface area contributed by atoms with E-state index in [1.807, 2.05) is 0 Å². The van der Waals surface area contributed by atoms with Crippen LogP contribution >= 0.6 is 26.4 Å². The van der Waals surface area contributed by atoms with E-state index < -0.39 is 6.25 Å². The van der Waals surface area contributed by atoms with Gasteiger partial charge >= 0.3 is 6.25 Å². The largest absolute Gasteiger partial charge is 0.399 e. The monoisotopic (exact) mass is 230 g/mol. The molecule has 0 aromatic carbocycles. The van der Waals surface area contributed by atoms with Gasteiger partial charge in [0.2, 0.25) is 0 Å². The summed E-state index contributed by atoms with van der Waals surface area (Å²) in [5.74, 6) is 0. The van der Waals surface area contributed by atoms with Crippen LogP contribution in [0.1, 0.15) is 19.8 Å². The zero-order valence-corrected chi connectivity index (χ0v) is 9.13. The second-order valence-corrected chi connectivity index (χ2v) is 11.2. The Bertz CT molecular complexity index is 79.4. The number of hydrogen-bond acceptors (Lipinski definition) is 1. The Morgan fingerprint density at radius 1 is 1.67 bits per heavy atom. The molecule has 0 fully saturated rings. The summed E-state index contributed by atoms with van der Waals surface area (Å²) in [5, 5.41) is 0. The minimum atomic E-state index is -1.91. The van der Waals surface area contributed by atoms with Gasteiger partial charge in [-0.25, -0.2) is 0 Å². The van der Waals surface area contributed by atoms with Crippen LogP contribution in [0.15, 0.2) is 0 Å². The molecule has 0 spiro atoms. The Hall–Kier alpha value is 0.947. The quantitative estimate of drug-likeness (QED) is 0.534. The number of hydrogen-bond donors (Lipinski definition) is 0. The van der Waals surface area contributed by atoms with E-state index in [1.54, 1.807) is 7.11 Å². The van der Waals surface area contributed by atoms with E-state index in [2.05, 4.69) is 22.2 Å². The normalized spacial score (nSPS) is 17.3. The molecule has 0 aromatic rings. The molecule has 0 saturated heterocycles. The van der Waals surface area contributed by atoms with Gasteiger partial charge in [-0.1, -0.05) is 35.1 Å². The highest BCUT2D eigenvalue weighted by Gasteiger charge is 2.26. The molecular weight excluding hydrogens is 219 g/mol. The van der Waals surface area contributed by atoms with E-state index in [1.165, 1.54) is 6.42 Å². The Kier molecular flexibility index (Phi) is 5.21. The topological polar surface area (TPSA) is 9.23 Å². The smallest absolute Gasteiger partial charge is 0.362 e. The average molecular weight is 232 g/mol. The molecule has 0 aliphatic rings. The van der Waals surface area contributed by atoms with Crippen molar-refractivity contribution in [3.05, 3.63) is 0 Å². The molecule has 0 bridgehead atoms. The van der Waals surface area contributed by atoms with E-state index in [9.17, 15) is 0 Å². The maximum atomic E-state index is 5.93. The number of rotatable bonds is 4. The fourth-order valence-electron chi connectivity index (χ4n) is 0.485. The van der Waals surface area contributed by atoms with Crippen LogP contribution in [0, 0.1) is 0 Å². The molecular formula is C5H12BrClOSi. The van der Waals surface area contributed by atoms with Crippen molar-refractivity contribution < 1.29 is 4.43 Å². The fraction of sp³-hybridized carbons (Fsp3) is 1.00. The van der Waals surface area contributed by atoms with Gasteiger partial charge in [0.15, 0.2) is 0 Å². The van der Waals surface area contributed by atoms with E-state index in [0.29, 0.717) is 0 Å². The summed E-state index contributed by atoms with van der Waals surface area (Å²) >= 11 is 9.30. The van der Waals surface area contributed by atoms with Gasteiger partial charge in [-0.3, -0.25) is 0 Å². The van der Waals surface area contributed by atoms with Crippen LogP contribution in [0.4, 0.5) is 0 Å². The molecule has 56 valence electrons. The van der Waals surface area contributed by atoms with Gasteiger partial charge in [0, 0.05) is 7.11 Å². The van der Waals surface area contributed by atoms with Crippen molar-refractivity contribution >= 4 is 32.6 Å². The van der Waals surface area contributed by atoms with E-state index in [-0.39, 0.29) is 0 Å². The Balaban J connectivity index is 3.33. The van der Waals surface area contributed by atoms with Crippen LogP contribution in [0.25, 0.3) is 0 Å². The lowest BCUT2D eigenvalue weighted by molar-refractivity contribution is 0.428. The lowest BCUT2D eigenvalue weighted by atomic mass is 10.4. The first-order valence-electron chi connectivity index (χ1n) is 3.05. The molecule has 1 nitrogen and oxygen atoms in total. The first kappa shape index (κ1) is 9.95. The minimum Gasteiger partial charge on any atom is -0.399 e. The van der Waals surface area contributed by atoms with Gasteiger partial charge < -0.3 is 4.43 Å². The highest BCUT2D eigenvalue weighted by molar-refractivity contribution is 9.27. The third-order valence-electron chi connectivity index (χ3n) is 1.12. The van der Waals surface area contributed by atoms with Gasteiger partial charge in [-0.15, -0.1) is 11.1 Å². The lowest BCUT2D eigenvalue weighted by Gasteiger charge is -2.12. The van der Waals surface area contributed by atoms with Crippen molar-refractivity contribution in [1.29, 1.82) is 0 Å². The summed E-state index contributed by atoms with van der Waals surface area (Å²) in [6.45, 7) is 2.14. The second-order valence-electron chi connectivity index (χ2n) is 1.95. The predicted molar refractivity (Wildman–Crippen MR) is 47.3 cm³/mol. The molecule has 0 aliphatic carbocycles. The standard InChI is InChI=1S/C5H12BrClOSi/c1-3-4-5-9(6,7)8-2/h3-5H2,1-2H3. The molecule has 0 amide bonds. The first-order valence-corrected chi connectivity index (χ1v) is 8.44. The van der Waals surface area contributed by atoms with Gasteiger partial charge in [0.25, 0.3) is 0 Å².